The molecule has 2 aromatic carbocycles. The van der Waals surface area contributed by atoms with Gasteiger partial charge in [0.15, 0.2) is 0 Å². The average molecular weight is 323 g/mol. The number of ether oxygens (including phenoxy) is 1. The predicted octanol–water partition coefficient (Wildman–Crippen LogP) is 5.27. The minimum atomic E-state index is 0.323. The van der Waals surface area contributed by atoms with Gasteiger partial charge in [-0.3, -0.25) is 0 Å². The van der Waals surface area contributed by atoms with Crippen LogP contribution in [0.1, 0.15) is 24.1 Å². The summed E-state index contributed by atoms with van der Waals surface area (Å²) in [6, 6.07) is 21.4. The molecule has 1 aromatic heterocycles. The normalized spacial score (nSPS) is 12.1. The van der Waals surface area contributed by atoms with Crippen LogP contribution in [-0.2, 0) is 6.54 Å². The highest BCUT2D eigenvalue weighted by atomic mass is 32.1. The average Bonchev–Trinajstić information content (AvgIpc) is 3.14. The standard InChI is InChI=1S/C20H21NOS/c1-15(17-7-4-3-5-8-17)21-14-16-10-11-19(22-2)18(13-16)20-9-6-12-23-20/h3-13,15,21H,14H2,1-2H3/t15-/m1/s1. The van der Waals surface area contributed by atoms with Crippen LogP contribution in [-0.4, -0.2) is 7.11 Å². The summed E-state index contributed by atoms with van der Waals surface area (Å²) in [6.07, 6.45) is 0. The summed E-state index contributed by atoms with van der Waals surface area (Å²) in [4.78, 5) is 1.24. The summed E-state index contributed by atoms with van der Waals surface area (Å²) in [7, 11) is 1.72. The van der Waals surface area contributed by atoms with E-state index in [2.05, 4.69) is 72.2 Å². The lowest BCUT2D eigenvalue weighted by Crippen LogP contribution is -2.18. The largest absolute Gasteiger partial charge is 0.496 e. The number of hydrogen-bond acceptors (Lipinski definition) is 3. The van der Waals surface area contributed by atoms with Crippen molar-refractivity contribution < 1.29 is 4.74 Å². The zero-order valence-electron chi connectivity index (χ0n) is 13.5. The minimum Gasteiger partial charge on any atom is -0.496 e. The van der Waals surface area contributed by atoms with Gasteiger partial charge in [-0.2, -0.15) is 0 Å². The SMILES string of the molecule is COc1ccc(CN[C@H](C)c2ccccc2)cc1-c1cccs1. The van der Waals surface area contributed by atoms with E-state index in [1.807, 2.05) is 6.07 Å². The lowest BCUT2D eigenvalue weighted by atomic mass is 10.1. The fourth-order valence-electron chi connectivity index (χ4n) is 2.62. The maximum atomic E-state index is 5.51. The highest BCUT2D eigenvalue weighted by Gasteiger charge is 2.09. The molecule has 0 aliphatic heterocycles. The Morgan fingerprint density at radius 2 is 1.87 bits per heavy atom. The molecule has 2 nitrogen and oxygen atoms in total. The molecule has 1 atom stereocenters. The molecule has 0 bridgehead atoms. The number of hydrogen-bond donors (Lipinski definition) is 1. The van der Waals surface area contributed by atoms with Gasteiger partial charge in [0.05, 0.1) is 7.11 Å². The number of rotatable bonds is 6. The van der Waals surface area contributed by atoms with E-state index in [0.717, 1.165) is 17.9 Å². The summed E-state index contributed by atoms with van der Waals surface area (Å²) < 4.78 is 5.51. The van der Waals surface area contributed by atoms with Crippen molar-refractivity contribution in [3.63, 3.8) is 0 Å². The van der Waals surface area contributed by atoms with Gasteiger partial charge in [-0.25, -0.2) is 0 Å². The van der Waals surface area contributed by atoms with Crippen molar-refractivity contribution in [3.05, 3.63) is 77.2 Å². The Labute approximate surface area is 141 Å². The fourth-order valence-corrected chi connectivity index (χ4v) is 3.37. The summed E-state index contributed by atoms with van der Waals surface area (Å²) in [6.45, 7) is 3.03. The topological polar surface area (TPSA) is 21.3 Å². The zero-order valence-corrected chi connectivity index (χ0v) is 14.3. The van der Waals surface area contributed by atoms with Crippen LogP contribution in [0.4, 0.5) is 0 Å². The second kappa shape index (κ2) is 7.44. The van der Waals surface area contributed by atoms with Gasteiger partial charge in [-0.15, -0.1) is 11.3 Å². The maximum Gasteiger partial charge on any atom is 0.127 e. The van der Waals surface area contributed by atoms with Crippen molar-refractivity contribution in [1.29, 1.82) is 0 Å². The first-order valence-corrected chi connectivity index (χ1v) is 8.65. The van der Waals surface area contributed by atoms with Crippen molar-refractivity contribution in [2.75, 3.05) is 7.11 Å². The van der Waals surface area contributed by atoms with Crippen molar-refractivity contribution in [1.82, 2.24) is 5.32 Å². The van der Waals surface area contributed by atoms with E-state index in [0.29, 0.717) is 6.04 Å². The molecule has 0 spiro atoms. The van der Waals surface area contributed by atoms with Gasteiger partial charge in [0, 0.05) is 23.0 Å². The molecule has 3 rings (SSSR count). The van der Waals surface area contributed by atoms with E-state index in [4.69, 9.17) is 4.74 Å². The maximum absolute atomic E-state index is 5.51. The second-order valence-electron chi connectivity index (χ2n) is 5.53. The molecule has 0 aliphatic carbocycles. The Morgan fingerprint density at radius 3 is 2.57 bits per heavy atom. The van der Waals surface area contributed by atoms with E-state index in [1.54, 1.807) is 18.4 Å². The predicted molar refractivity (Wildman–Crippen MR) is 98.0 cm³/mol. The number of benzene rings is 2. The summed E-state index contributed by atoms with van der Waals surface area (Å²) in [5.74, 6) is 0.923. The van der Waals surface area contributed by atoms with Gasteiger partial charge < -0.3 is 10.1 Å². The second-order valence-corrected chi connectivity index (χ2v) is 6.47. The molecule has 0 radical (unpaired) electrons. The van der Waals surface area contributed by atoms with Gasteiger partial charge in [0.2, 0.25) is 0 Å². The molecule has 0 saturated heterocycles. The summed E-state index contributed by atoms with van der Waals surface area (Å²) in [5.41, 5.74) is 3.73. The number of thiophene rings is 1. The molecule has 0 amide bonds. The Balaban J connectivity index is 1.75. The highest BCUT2D eigenvalue weighted by Crippen LogP contribution is 2.34. The van der Waals surface area contributed by atoms with Gasteiger partial charge in [-0.1, -0.05) is 42.5 Å². The first-order chi connectivity index (χ1) is 11.3. The van der Waals surface area contributed by atoms with Crippen LogP contribution in [0.15, 0.2) is 66.0 Å². The molecule has 118 valence electrons. The van der Waals surface area contributed by atoms with Gasteiger partial charge >= 0.3 is 0 Å². The van der Waals surface area contributed by atoms with E-state index in [-0.39, 0.29) is 0 Å². The quantitative estimate of drug-likeness (QED) is 0.667. The molecule has 3 heteroatoms. The zero-order chi connectivity index (χ0) is 16.1. The van der Waals surface area contributed by atoms with E-state index >= 15 is 0 Å². The Morgan fingerprint density at radius 1 is 1.04 bits per heavy atom. The van der Waals surface area contributed by atoms with Crippen LogP contribution in [0, 0.1) is 0 Å². The monoisotopic (exact) mass is 323 g/mol. The molecule has 3 aromatic rings. The van der Waals surface area contributed by atoms with Crippen LogP contribution < -0.4 is 10.1 Å². The highest BCUT2D eigenvalue weighted by molar-refractivity contribution is 7.13. The molecule has 23 heavy (non-hydrogen) atoms. The minimum absolute atomic E-state index is 0.323. The van der Waals surface area contributed by atoms with Crippen LogP contribution in [0.5, 0.6) is 5.75 Å². The third-order valence-corrected chi connectivity index (χ3v) is 4.87. The first kappa shape index (κ1) is 15.8. The third-order valence-electron chi connectivity index (χ3n) is 3.96. The smallest absolute Gasteiger partial charge is 0.127 e. The van der Waals surface area contributed by atoms with Gasteiger partial charge in [0.1, 0.15) is 5.75 Å². The van der Waals surface area contributed by atoms with E-state index in [9.17, 15) is 0 Å². The lowest BCUT2D eigenvalue weighted by molar-refractivity contribution is 0.416. The Kier molecular flexibility index (Phi) is 5.11. The van der Waals surface area contributed by atoms with E-state index in [1.165, 1.54) is 16.0 Å². The van der Waals surface area contributed by atoms with Crippen LogP contribution in [0.2, 0.25) is 0 Å². The van der Waals surface area contributed by atoms with Crippen LogP contribution in [0.25, 0.3) is 10.4 Å². The van der Waals surface area contributed by atoms with Gasteiger partial charge in [0.25, 0.3) is 0 Å². The van der Waals surface area contributed by atoms with Crippen LogP contribution in [0.3, 0.4) is 0 Å². The van der Waals surface area contributed by atoms with Gasteiger partial charge in [-0.05, 0) is 41.6 Å². The molecular formula is C20H21NOS. The van der Waals surface area contributed by atoms with Crippen molar-refractivity contribution >= 4 is 11.3 Å². The fraction of sp³-hybridized carbons (Fsp3) is 0.200. The molecule has 0 aliphatic rings. The first-order valence-electron chi connectivity index (χ1n) is 7.77. The van der Waals surface area contributed by atoms with Crippen molar-refractivity contribution in [3.8, 4) is 16.2 Å². The Hall–Kier alpha value is -2.10. The number of nitrogens with one attached hydrogen (secondary N) is 1. The van der Waals surface area contributed by atoms with E-state index < -0.39 is 0 Å². The third kappa shape index (κ3) is 3.81. The number of methoxy groups -OCH3 is 1. The summed E-state index contributed by atoms with van der Waals surface area (Å²) >= 11 is 1.74. The molecule has 1 heterocycles. The molecule has 0 fully saturated rings. The van der Waals surface area contributed by atoms with Crippen molar-refractivity contribution in [2.24, 2.45) is 0 Å². The Bertz CT molecular complexity index is 738. The molecule has 1 N–H and O–H groups in total. The molecular weight excluding hydrogens is 302 g/mol. The molecule has 0 saturated carbocycles. The molecule has 0 unspecified atom stereocenters. The lowest BCUT2D eigenvalue weighted by Gasteiger charge is -2.15. The van der Waals surface area contributed by atoms with Crippen LogP contribution >= 0.6 is 11.3 Å². The summed E-state index contributed by atoms with van der Waals surface area (Å²) in [5, 5.41) is 5.68. The van der Waals surface area contributed by atoms with Crippen molar-refractivity contribution in [2.45, 2.75) is 19.5 Å².